The molecule has 4 nitrogen and oxygen atoms in total. The van der Waals surface area contributed by atoms with Gasteiger partial charge in [-0.1, -0.05) is 37.8 Å². The average molecular weight is 338 g/mol. The number of carbonyl (C=O) groups is 2. The SMILES string of the molecule is COC(=O)C(C)CN(C(=O)c1ccc(Cl)cc1)C1CCCCC1. The third-order valence-corrected chi connectivity index (χ3v) is 4.69. The molecule has 0 saturated heterocycles. The van der Waals surface area contributed by atoms with Crippen LogP contribution in [-0.4, -0.2) is 36.5 Å². The number of ether oxygens (including phenoxy) is 1. The highest BCUT2D eigenvalue weighted by atomic mass is 35.5. The molecule has 1 amide bonds. The summed E-state index contributed by atoms with van der Waals surface area (Å²) < 4.78 is 4.81. The maximum Gasteiger partial charge on any atom is 0.310 e. The molecule has 5 heteroatoms. The van der Waals surface area contributed by atoms with Gasteiger partial charge in [-0.25, -0.2) is 0 Å². The Balaban J connectivity index is 2.19. The van der Waals surface area contributed by atoms with Crippen LogP contribution in [0.4, 0.5) is 0 Å². The van der Waals surface area contributed by atoms with Gasteiger partial charge in [0.1, 0.15) is 0 Å². The fraction of sp³-hybridized carbons (Fsp3) is 0.556. The van der Waals surface area contributed by atoms with E-state index in [-0.39, 0.29) is 23.8 Å². The van der Waals surface area contributed by atoms with Crippen LogP contribution in [0.5, 0.6) is 0 Å². The lowest BCUT2D eigenvalue weighted by molar-refractivity contribution is -0.145. The highest BCUT2D eigenvalue weighted by Crippen LogP contribution is 2.25. The Morgan fingerprint density at radius 1 is 1.22 bits per heavy atom. The van der Waals surface area contributed by atoms with Crippen molar-refractivity contribution in [3.63, 3.8) is 0 Å². The lowest BCUT2D eigenvalue weighted by Crippen LogP contribution is -2.45. The molecule has 0 aliphatic heterocycles. The van der Waals surface area contributed by atoms with Crippen molar-refractivity contribution < 1.29 is 14.3 Å². The minimum atomic E-state index is -0.335. The highest BCUT2D eigenvalue weighted by Gasteiger charge is 2.29. The minimum absolute atomic E-state index is 0.0377. The Bertz CT molecular complexity index is 538. The molecule has 0 heterocycles. The number of hydrogen-bond acceptors (Lipinski definition) is 3. The molecule has 0 aromatic heterocycles. The van der Waals surface area contributed by atoms with Gasteiger partial charge in [-0.2, -0.15) is 0 Å². The van der Waals surface area contributed by atoms with Crippen molar-refractivity contribution in [1.29, 1.82) is 0 Å². The van der Waals surface area contributed by atoms with Crippen molar-refractivity contribution in [2.45, 2.75) is 45.1 Å². The van der Waals surface area contributed by atoms with Gasteiger partial charge < -0.3 is 9.64 Å². The van der Waals surface area contributed by atoms with E-state index in [1.54, 1.807) is 31.2 Å². The summed E-state index contributed by atoms with van der Waals surface area (Å²) >= 11 is 5.90. The summed E-state index contributed by atoms with van der Waals surface area (Å²) in [6.45, 7) is 2.19. The summed E-state index contributed by atoms with van der Waals surface area (Å²) in [4.78, 5) is 26.5. The lowest BCUT2D eigenvalue weighted by Gasteiger charge is -2.35. The van der Waals surface area contributed by atoms with E-state index in [9.17, 15) is 9.59 Å². The molecule has 1 aromatic carbocycles. The van der Waals surface area contributed by atoms with Crippen molar-refractivity contribution in [2.75, 3.05) is 13.7 Å². The maximum absolute atomic E-state index is 12.9. The summed E-state index contributed by atoms with van der Waals surface area (Å²) in [5.41, 5.74) is 0.608. The Labute approximate surface area is 142 Å². The second kappa shape index (κ2) is 8.34. The van der Waals surface area contributed by atoms with Crippen LogP contribution >= 0.6 is 11.6 Å². The standard InChI is InChI=1S/C18H24ClNO3/c1-13(18(22)23-2)12-20(16-6-4-3-5-7-16)17(21)14-8-10-15(19)11-9-14/h8-11,13,16H,3-7,12H2,1-2H3. The fourth-order valence-corrected chi connectivity index (χ4v) is 3.25. The Kier molecular flexibility index (Phi) is 6.46. The number of amides is 1. The molecule has 1 fully saturated rings. The number of esters is 1. The van der Waals surface area contributed by atoms with Gasteiger partial charge in [0.15, 0.2) is 0 Å². The fourth-order valence-electron chi connectivity index (χ4n) is 3.12. The van der Waals surface area contributed by atoms with Gasteiger partial charge in [0, 0.05) is 23.2 Å². The van der Waals surface area contributed by atoms with E-state index < -0.39 is 0 Å². The average Bonchev–Trinajstić information content (AvgIpc) is 2.59. The summed E-state index contributed by atoms with van der Waals surface area (Å²) in [6.07, 6.45) is 5.45. The molecule has 0 radical (unpaired) electrons. The van der Waals surface area contributed by atoms with Gasteiger partial charge >= 0.3 is 5.97 Å². The smallest absolute Gasteiger partial charge is 0.310 e. The zero-order valence-electron chi connectivity index (χ0n) is 13.8. The molecule has 1 unspecified atom stereocenters. The Hall–Kier alpha value is -1.55. The quantitative estimate of drug-likeness (QED) is 0.765. The number of halogens is 1. The first-order chi connectivity index (χ1) is 11.0. The van der Waals surface area contributed by atoms with Crippen molar-refractivity contribution in [3.8, 4) is 0 Å². The van der Waals surface area contributed by atoms with Crippen LogP contribution in [0.3, 0.4) is 0 Å². The third-order valence-electron chi connectivity index (χ3n) is 4.44. The number of hydrogen-bond donors (Lipinski definition) is 0. The van der Waals surface area contributed by atoms with Gasteiger partial charge in [-0.3, -0.25) is 9.59 Å². The van der Waals surface area contributed by atoms with Crippen LogP contribution in [-0.2, 0) is 9.53 Å². The largest absolute Gasteiger partial charge is 0.469 e. The van der Waals surface area contributed by atoms with E-state index in [1.807, 2.05) is 4.90 Å². The van der Waals surface area contributed by atoms with Crippen molar-refractivity contribution in [3.05, 3.63) is 34.9 Å². The van der Waals surface area contributed by atoms with Gasteiger partial charge in [0.2, 0.25) is 0 Å². The normalized spacial score (nSPS) is 16.7. The monoisotopic (exact) mass is 337 g/mol. The first-order valence-corrected chi connectivity index (χ1v) is 8.55. The number of benzene rings is 1. The van der Waals surface area contributed by atoms with Crippen molar-refractivity contribution in [1.82, 2.24) is 4.90 Å². The van der Waals surface area contributed by atoms with Crippen LogP contribution in [0, 0.1) is 5.92 Å². The molecule has 23 heavy (non-hydrogen) atoms. The zero-order chi connectivity index (χ0) is 16.8. The molecule has 1 aliphatic carbocycles. The Morgan fingerprint density at radius 2 is 1.83 bits per heavy atom. The predicted molar refractivity (Wildman–Crippen MR) is 90.5 cm³/mol. The first-order valence-electron chi connectivity index (χ1n) is 8.17. The molecule has 0 bridgehead atoms. The summed E-state index contributed by atoms with van der Waals surface area (Å²) in [5, 5.41) is 0.605. The molecule has 126 valence electrons. The summed E-state index contributed by atoms with van der Waals surface area (Å²) in [7, 11) is 1.38. The lowest BCUT2D eigenvalue weighted by atomic mass is 9.93. The summed E-state index contributed by atoms with van der Waals surface area (Å²) in [5.74, 6) is -0.655. The molecule has 1 aromatic rings. The van der Waals surface area contributed by atoms with Crippen molar-refractivity contribution in [2.24, 2.45) is 5.92 Å². The molecule has 1 aliphatic rings. The van der Waals surface area contributed by atoms with E-state index >= 15 is 0 Å². The van der Waals surface area contributed by atoms with Gasteiger partial charge in [0.05, 0.1) is 13.0 Å². The van der Waals surface area contributed by atoms with Crippen molar-refractivity contribution >= 4 is 23.5 Å². The van der Waals surface area contributed by atoms with Gasteiger partial charge in [0.25, 0.3) is 5.91 Å². The molecule has 1 saturated carbocycles. The van der Waals surface area contributed by atoms with E-state index in [4.69, 9.17) is 16.3 Å². The van der Waals surface area contributed by atoms with E-state index in [0.29, 0.717) is 17.1 Å². The topological polar surface area (TPSA) is 46.6 Å². The number of methoxy groups -OCH3 is 1. The number of carbonyl (C=O) groups excluding carboxylic acids is 2. The third kappa shape index (κ3) is 4.71. The van der Waals surface area contributed by atoms with E-state index in [1.165, 1.54) is 13.5 Å². The van der Waals surface area contributed by atoms with E-state index in [0.717, 1.165) is 25.7 Å². The van der Waals surface area contributed by atoms with Crippen LogP contribution < -0.4 is 0 Å². The highest BCUT2D eigenvalue weighted by molar-refractivity contribution is 6.30. The number of nitrogens with zero attached hydrogens (tertiary/aromatic N) is 1. The second-order valence-electron chi connectivity index (χ2n) is 6.18. The second-order valence-corrected chi connectivity index (χ2v) is 6.62. The molecule has 2 rings (SSSR count). The predicted octanol–water partition coefficient (Wildman–Crippen LogP) is 3.92. The molecule has 0 N–H and O–H groups in total. The van der Waals surface area contributed by atoms with Gasteiger partial charge in [-0.05, 0) is 37.1 Å². The maximum atomic E-state index is 12.9. The van der Waals surface area contributed by atoms with Crippen LogP contribution in [0.2, 0.25) is 5.02 Å². The Morgan fingerprint density at radius 3 is 2.39 bits per heavy atom. The van der Waals surface area contributed by atoms with E-state index in [2.05, 4.69) is 0 Å². The van der Waals surface area contributed by atoms with Crippen LogP contribution in [0.15, 0.2) is 24.3 Å². The zero-order valence-corrected chi connectivity index (χ0v) is 14.5. The van der Waals surface area contributed by atoms with Crippen LogP contribution in [0.25, 0.3) is 0 Å². The van der Waals surface area contributed by atoms with Gasteiger partial charge in [-0.15, -0.1) is 0 Å². The minimum Gasteiger partial charge on any atom is -0.469 e. The molecular weight excluding hydrogens is 314 g/mol. The summed E-state index contributed by atoms with van der Waals surface area (Å²) in [6, 6.07) is 7.11. The van der Waals surface area contributed by atoms with Crippen LogP contribution in [0.1, 0.15) is 49.4 Å². The molecule has 1 atom stereocenters. The molecular formula is C18H24ClNO3. The first kappa shape index (κ1) is 17.8. The molecule has 0 spiro atoms. The number of rotatable bonds is 5.